The van der Waals surface area contributed by atoms with E-state index in [9.17, 15) is 9.59 Å². The van der Waals surface area contributed by atoms with Crippen LogP contribution in [0.1, 0.15) is 37.6 Å². The highest BCUT2D eigenvalue weighted by molar-refractivity contribution is 9.10. The third-order valence-electron chi connectivity index (χ3n) is 4.59. The molecule has 1 amide bonds. The Kier molecular flexibility index (Phi) is 7.35. The van der Waals surface area contributed by atoms with Gasteiger partial charge in [-0.05, 0) is 42.3 Å². The molecular formula is C21H19BrCl2N4O3. The Hall–Kier alpha value is -2.42. The van der Waals surface area contributed by atoms with Crippen molar-refractivity contribution in [2.45, 2.75) is 26.2 Å². The summed E-state index contributed by atoms with van der Waals surface area (Å²) in [4.78, 5) is 28.7. The number of rotatable bonds is 7. The van der Waals surface area contributed by atoms with Crippen LogP contribution in [-0.4, -0.2) is 28.4 Å². The lowest BCUT2D eigenvalue weighted by molar-refractivity contribution is -0.119. The number of ether oxygens (including phenoxy) is 1. The second-order valence-electron chi connectivity index (χ2n) is 6.87. The minimum absolute atomic E-state index is 0.00893. The van der Waals surface area contributed by atoms with Crippen LogP contribution in [0, 0.1) is 0 Å². The van der Waals surface area contributed by atoms with Crippen molar-refractivity contribution in [3.05, 3.63) is 66.6 Å². The van der Waals surface area contributed by atoms with Gasteiger partial charge in [-0.1, -0.05) is 53.0 Å². The molecule has 1 heterocycles. The molecule has 7 nitrogen and oxygen atoms in total. The molecule has 0 saturated carbocycles. The fourth-order valence-electron chi connectivity index (χ4n) is 2.84. The highest BCUT2D eigenvalue weighted by atomic mass is 79.9. The molecule has 2 N–H and O–H groups in total. The lowest BCUT2D eigenvalue weighted by atomic mass is 10.1. The molecule has 0 saturated heterocycles. The first kappa shape index (κ1) is 23.2. The maximum atomic E-state index is 13.2. The van der Waals surface area contributed by atoms with Crippen LogP contribution in [0.3, 0.4) is 0 Å². The Morgan fingerprint density at radius 2 is 2.00 bits per heavy atom. The maximum absolute atomic E-state index is 13.2. The SMILES string of the molecule is CC[C@@H](C)c1nc2ccc(Br)cc2c(=O)n1N=Cc1cc(Cl)c(OCC(N)=O)c(Cl)c1. The van der Waals surface area contributed by atoms with Crippen molar-refractivity contribution in [2.24, 2.45) is 10.8 Å². The van der Waals surface area contributed by atoms with Gasteiger partial charge in [0, 0.05) is 10.4 Å². The molecule has 3 rings (SSSR count). The smallest absolute Gasteiger partial charge is 0.282 e. The van der Waals surface area contributed by atoms with Crippen molar-refractivity contribution in [1.82, 2.24) is 9.66 Å². The van der Waals surface area contributed by atoms with Crippen LogP contribution in [0.4, 0.5) is 0 Å². The Balaban J connectivity index is 2.07. The third-order valence-corrected chi connectivity index (χ3v) is 5.64. The Labute approximate surface area is 196 Å². The summed E-state index contributed by atoms with van der Waals surface area (Å²) in [6.45, 7) is 3.65. The molecule has 0 aliphatic carbocycles. The molecule has 162 valence electrons. The number of fused-ring (bicyclic) bond motifs is 1. The van der Waals surface area contributed by atoms with Crippen LogP contribution >= 0.6 is 39.1 Å². The molecule has 2 aromatic carbocycles. The van der Waals surface area contributed by atoms with E-state index < -0.39 is 5.91 Å². The molecule has 1 aromatic heterocycles. The summed E-state index contributed by atoms with van der Waals surface area (Å²) in [5.41, 5.74) is 5.95. The topological polar surface area (TPSA) is 99.6 Å². The average Bonchev–Trinajstić information content (AvgIpc) is 2.72. The number of halogens is 3. The predicted molar refractivity (Wildman–Crippen MR) is 127 cm³/mol. The fraction of sp³-hybridized carbons (Fsp3) is 0.238. The zero-order chi connectivity index (χ0) is 22.7. The van der Waals surface area contributed by atoms with Crippen molar-refractivity contribution in [2.75, 3.05) is 6.61 Å². The van der Waals surface area contributed by atoms with Crippen molar-refractivity contribution in [1.29, 1.82) is 0 Å². The molecule has 0 unspecified atom stereocenters. The quantitative estimate of drug-likeness (QED) is 0.451. The molecule has 0 spiro atoms. The summed E-state index contributed by atoms with van der Waals surface area (Å²) in [5, 5.41) is 5.20. The van der Waals surface area contributed by atoms with Crippen LogP contribution in [0.2, 0.25) is 10.0 Å². The second kappa shape index (κ2) is 9.80. The molecule has 0 aliphatic rings. The van der Waals surface area contributed by atoms with E-state index in [-0.39, 0.29) is 33.9 Å². The van der Waals surface area contributed by atoms with E-state index in [0.29, 0.717) is 22.3 Å². The lowest BCUT2D eigenvalue weighted by Gasteiger charge is -2.14. The van der Waals surface area contributed by atoms with E-state index in [1.165, 1.54) is 10.9 Å². The van der Waals surface area contributed by atoms with Crippen molar-refractivity contribution < 1.29 is 9.53 Å². The minimum Gasteiger partial charge on any atom is -0.481 e. The maximum Gasteiger partial charge on any atom is 0.282 e. The van der Waals surface area contributed by atoms with Crippen LogP contribution in [0.5, 0.6) is 5.75 Å². The number of amides is 1. The fourth-order valence-corrected chi connectivity index (χ4v) is 3.81. The van der Waals surface area contributed by atoms with Crippen LogP contribution < -0.4 is 16.0 Å². The van der Waals surface area contributed by atoms with Gasteiger partial charge in [-0.3, -0.25) is 9.59 Å². The molecule has 0 aliphatic heterocycles. The third kappa shape index (κ3) is 5.26. The first-order valence-corrected chi connectivity index (χ1v) is 10.9. The van der Waals surface area contributed by atoms with Gasteiger partial charge in [0.2, 0.25) is 0 Å². The van der Waals surface area contributed by atoms with Crippen LogP contribution in [-0.2, 0) is 4.79 Å². The number of hydrogen-bond acceptors (Lipinski definition) is 5. The highest BCUT2D eigenvalue weighted by Gasteiger charge is 2.16. The van der Waals surface area contributed by atoms with E-state index in [4.69, 9.17) is 33.7 Å². The van der Waals surface area contributed by atoms with E-state index in [1.54, 1.807) is 24.3 Å². The van der Waals surface area contributed by atoms with Gasteiger partial charge in [0.1, 0.15) is 5.82 Å². The van der Waals surface area contributed by atoms with Gasteiger partial charge in [-0.25, -0.2) is 4.98 Å². The summed E-state index contributed by atoms with van der Waals surface area (Å²) in [6.07, 6.45) is 2.25. The molecule has 3 aromatic rings. The molecule has 10 heteroatoms. The van der Waals surface area contributed by atoms with Gasteiger partial charge in [-0.2, -0.15) is 9.78 Å². The monoisotopic (exact) mass is 524 g/mol. The van der Waals surface area contributed by atoms with E-state index >= 15 is 0 Å². The summed E-state index contributed by atoms with van der Waals surface area (Å²) in [6, 6.07) is 8.48. The number of benzene rings is 2. The molecule has 0 fully saturated rings. The summed E-state index contributed by atoms with van der Waals surface area (Å²) < 4.78 is 7.31. The Morgan fingerprint density at radius 3 is 2.61 bits per heavy atom. The van der Waals surface area contributed by atoms with Gasteiger partial charge in [0.15, 0.2) is 12.4 Å². The van der Waals surface area contributed by atoms with Crippen molar-refractivity contribution in [3.8, 4) is 5.75 Å². The van der Waals surface area contributed by atoms with Gasteiger partial charge in [0.05, 0.1) is 27.2 Å². The van der Waals surface area contributed by atoms with E-state index in [0.717, 1.165) is 10.9 Å². The number of aromatic nitrogens is 2. The second-order valence-corrected chi connectivity index (χ2v) is 8.60. The first-order chi connectivity index (χ1) is 14.7. The van der Waals surface area contributed by atoms with Gasteiger partial charge < -0.3 is 10.5 Å². The number of carbonyl (C=O) groups is 1. The predicted octanol–water partition coefficient (Wildman–Crippen LogP) is 4.73. The van der Waals surface area contributed by atoms with Gasteiger partial charge in [0.25, 0.3) is 11.5 Å². The molecule has 0 bridgehead atoms. The number of nitrogens with zero attached hydrogens (tertiary/aromatic N) is 3. The number of hydrogen-bond donors (Lipinski definition) is 1. The van der Waals surface area contributed by atoms with E-state index in [2.05, 4.69) is 26.0 Å². The largest absolute Gasteiger partial charge is 0.481 e. The standard InChI is InChI=1S/C21H19BrCl2N4O3/c1-3-11(2)20-27-17-5-4-13(22)8-14(17)21(30)28(20)26-9-12-6-15(23)19(16(24)7-12)31-10-18(25)29/h4-9,11H,3,10H2,1-2H3,(H2,25,29)/t11-/m1/s1. The lowest BCUT2D eigenvalue weighted by Crippen LogP contribution is -2.23. The molecule has 1 atom stereocenters. The van der Waals surface area contributed by atoms with Crippen molar-refractivity contribution >= 4 is 62.2 Å². The Bertz CT molecular complexity index is 1220. The summed E-state index contributed by atoms with van der Waals surface area (Å²) >= 11 is 15.8. The highest BCUT2D eigenvalue weighted by Crippen LogP contribution is 2.33. The molecule has 31 heavy (non-hydrogen) atoms. The van der Waals surface area contributed by atoms with Gasteiger partial charge in [-0.15, -0.1) is 0 Å². The van der Waals surface area contributed by atoms with Crippen molar-refractivity contribution in [3.63, 3.8) is 0 Å². The van der Waals surface area contributed by atoms with Crippen LogP contribution in [0.15, 0.2) is 44.7 Å². The first-order valence-electron chi connectivity index (χ1n) is 9.38. The van der Waals surface area contributed by atoms with E-state index in [1.807, 2.05) is 19.9 Å². The van der Waals surface area contributed by atoms with Gasteiger partial charge >= 0.3 is 0 Å². The number of primary amides is 1. The Morgan fingerprint density at radius 1 is 1.32 bits per heavy atom. The average molecular weight is 526 g/mol. The summed E-state index contributed by atoms with van der Waals surface area (Å²) in [7, 11) is 0. The number of nitrogens with two attached hydrogens (primary N) is 1. The zero-order valence-corrected chi connectivity index (χ0v) is 19.8. The normalized spacial score (nSPS) is 12.4. The number of carbonyl (C=O) groups excluding carboxylic acids is 1. The zero-order valence-electron chi connectivity index (χ0n) is 16.7. The molecular weight excluding hydrogens is 507 g/mol. The van der Waals surface area contributed by atoms with Crippen LogP contribution in [0.25, 0.3) is 10.9 Å². The minimum atomic E-state index is -0.648. The molecule has 0 radical (unpaired) electrons. The summed E-state index contributed by atoms with van der Waals surface area (Å²) in [5.74, 6) is 0.0611.